The minimum atomic E-state index is 0.457. The molecule has 0 aliphatic rings. The normalized spacial score (nSPS) is 11.2. The van der Waals surface area contributed by atoms with Gasteiger partial charge in [0, 0.05) is 18.8 Å². The lowest BCUT2D eigenvalue weighted by Gasteiger charge is -2.08. The van der Waals surface area contributed by atoms with Crippen molar-refractivity contribution in [1.82, 2.24) is 20.1 Å². The van der Waals surface area contributed by atoms with Gasteiger partial charge in [-0.3, -0.25) is 9.67 Å². The van der Waals surface area contributed by atoms with Crippen molar-refractivity contribution in [3.8, 4) is 0 Å². The maximum Gasteiger partial charge on any atom is 0.0832 e. The number of rotatable bonds is 5. The van der Waals surface area contributed by atoms with Gasteiger partial charge in [-0.15, -0.1) is 0 Å². The third kappa shape index (κ3) is 4.04. The van der Waals surface area contributed by atoms with E-state index in [4.69, 9.17) is 11.6 Å². The van der Waals surface area contributed by atoms with Gasteiger partial charge < -0.3 is 5.32 Å². The second-order valence-electron chi connectivity index (χ2n) is 4.92. The van der Waals surface area contributed by atoms with Crippen molar-refractivity contribution in [2.75, 3.05) is 0 Å². The van der Waals surface area contributed by atoms with Gasteiger partial charge in [0.15, 0.2) is 0 Å². The molecule has 102 valence electrons. The van der Waals surface area contributed by atoms with Crippen LogP contribution >= 0.6 is 11.6 Å². The smallest absolute Gasteiger partial charge is 0.0832 e. The zero-order valence-corrected chi connectivity index (χ0v) is 12.3. The number of aromatic nitrogens is 3. The summed E-state index contributed by atoms with van der Waals surface area (Å²) in [5.41, 5.74) is 2.88. The number of aryl methyl sites for hydroxylation is 1. The molecule has 0 saturated carbocycles. The van der Waals surface area contributed by atoms with Crippen molar-refractivity contribution in [3.63, 3.8) is 0 Å². The summed E-state index contributed by atoms with van der Waals surface area (Å²) in [6.45, 7) is 7.57. The average molecular weight is 279 g/mol. The van der Waals surface area contributed by atoms with Crippen LogP contribution in [0.3, 0.4) is 0 Å². The van der Waals surface area contributed by atoms with Gasteiger partial charge in [0.1, 0.15) is 0 Å². The van der Waals surface area contributed by atoms with Crippen LogP contribution in [0.1, 0.15) is 30.9 Å². The topological polar surface area (TPSA) is 42.7 Å². The lowest BCUT2D eigenvalue weighted by molar-refractivity contribution is 0.577. The van der Waals surface area contributed by atoms with Crippen LogP contribution in [-0.4, -0.2) is 20.8 Å². The van der Waals surface area contributed by atoms with E-state index in [1.807, 2.05) is 36.0 Å². The molecule has 0 saturated heterocycles. The highest BCUT2D eigenvalue weighted by molar-refractivity contribution is 6.31. The summed E-state index contributed by atoms with van der Waals surface area (Å²) in [6.07, 6.45) is 1.83. The highest BCUT2D eigenvalue weighted by Gasteiger charge is 2.04. The lowest BCUT2D eigenvalue weighted by Crippen LogP contribution is -2.22. The molecule has 5 heteroatoms. The van der Waals surface area contributed by atoms with Gasteiger partial charge in [-0.25, -0.2) is 0 Å². The summed E-state index contributed by atoms with van der Waals surface area (Å²) in [5, 5.41) is 8.39. The molecule has 0 amide bonds. The van der Waals surface area contributed by atoms with Crippen LogP contribution in [0.2, 0.25) is 5.02 Å². The van der Waals surface area contributed by atoms with Crippen molar-refractivity contribution in [3.05, 3.63) is 46.5 Å². The maximum atomic E-state index is 6.00. The molecular formula is C14H19ClN4. The molecule has 19 heavy (non-hydrogen) atoms. The molecule has 0 atom stereocenters. The van der Waals surface area contributed by atoms with Gasteiger partial charge >= 0.3 is 0 Å². The standard InChI is InChI=1S/C14H19ClN4/c1-10(2)16-7-12-5-4-6-13(17-12)8-19-9-14(15)11(3)18-19/h4-6,9-10,16H,7-8H2,1-3H3. The number of nitrogens with one attached hydrogen (secondary N) is 1. The first-order valence-corrected chi connectivity index (χ1v) is 6.80. The van der Waals surface area contributed by atoms with E-state index in [2.05, 4.69) is 29.2 Å². The molecule has 2 rings (SSSR count). The summed E-state index contributed by atoms with van der Waals surface area (Å²) in [7, 11) is 0. The zero-order chi connectivity index (χ0) is 13.8. The first-order valence-electron chi connectivity index (χ1n) is 6.42. The molecule has 2 heterocycles. The Morgan fingerprint density at radius 3 is 2.68 bits per heavy atom. The second kappa shape index (κ2) is 6.17. The average Bonchev–Trinajstić information content (AvgIpc) is 2.66. The quantitative estimate of drug-likeness (QED) is 0.914. The van der Waals surface area contributed by atoms with Crippen molar-refractivity contribution in [2.45, 2.75) is 39.9 Å². The van der Waals surface area contributed by atoms with Crippen LogP contribution in [0.15, 0.2) is 24.4 Å². The fraction of sp³-hybridized carbons (Fsp3) is 0.429. The fourth-order valence-electron chi connectivity index (χ4n) is 1.76. The van der Waals surface area contributed by atoms with Crippen molar-refractivity contribution in [2.24, 2.45) is 0 Å². The predicted octanol–water partition coefficient (Wildman–Crippen LogP) is 2.79. The van der Waals surface area contributed by atoms with Gasteiger partial charge in [0.25, 0.3) is 0 Å². The van der Waals surface area contributed by atoms with Gasteiger partial charge in [0.05, 0.1) is 28.6 Å². The van der Waals surface area contributed by atoms with Gasteiger partial charge in [0.2, 0.25) is 0 Å². The van der Waals surface area contributed by atoms with Gasteiger partial charge in [-0.2, -0.15) is 5.10 Å². The van der Waals surface area contributed by atoms with Crippen LogP contribution in [0, 0.1) is 6.92 Å². The van der Waals surface area contributed by atoms with Crippen LogP contribution in [0.4, 0.5) is 0 Å². The summed E-state index contributed by atoms with van der Waals surface area (Å²) >= 11 is 6.00. The van der Waals surface area contributed by atoms with Gasteiger partial charge in [-0.1, -0.05) is 31.5 Å². The molecule has 0 aromatic carbocycles. The Hall–Kier alpha value is -1.39. The minimum Gasteiger partial charge on any atom is -0.309 e. The van der Waals surface area contributed by atoms with Crippen LogP contribution in [0.25, 0.3) is 0 Å². The minimum absolute atomic E-state index is 0.457. The Labute approximate surface area is 118 Å². The van der Waals surface area contributed by atoms with Crippen LogP contribution in [0.5, 0.6) is 0 Å². The SMILES string of the molecule is Cc1nn(Cc2cccc(CNC(C)C)n2)cc1Cl. The van der Waals surface area contributed by atoms with E-state index in [0.29, 0.717) is 17.6 Å². The van der Waals surface area contributed by atoms with Crippen molar-refractivity contribution >= 4 is 11.6 Å². The number of pyridine rings is 1. The molecule has 0 bridgehead atoms. The Balaban J connectivity index is 2.06. The Morgan fingerprint density at radius 2 is 2.05 bits per heavy atom. The zero-order valence-electron chi connectivity index (χ0n) is 11.5. The van der Waals surface area contributed by atoms with Crippen molar-refractivity contribution in [1.29, 1.82) is 0 Å². The van der Waals surface area contributed by atoms with Crippen LogP contribution in [-0.2, 0) is 13.1 Å². The molecule has 0 aliphatic carbocycles. The maximum absolute atomic E-state index is 6.00. The molecule has 2 aromatic heterocycles. The van der Waals surface area contributed by atoms with E-state index in [1.165, 1.54) is 0 Å². The molecule has 1 N–H and O–H groups in total. The monoisotopic (exact) mass is 278 g/mol. The number of halogens is 1. The molecule has 4 nitrogen and oxygen atoms in total. The lowest BCUT2D eigenvalue weighted by atomic mass is 10.3. The predicted molar refractivity (Wildman–Crippen MR) is 77.3 cm³/mol. The van der Waals surface area contributed by atoms with E-state index >= 15 is 0 Å². The number of hydrogen-bond acceptors (Lipinski definition) is 3. The first kappa shape index (κ1) is 14.0. The van der Waals surface area contributed by atoms with Crippen LogP contribution < -0.4 is 5.32 Å². The highest BCUT2D eigenvalue weighted by Crippen LogP contribution is 2.13. The fourth-order valence-corrected chi connectivity index (χ4v) is 1.92. The molecule has 0 spiro atoms. The largest absolute Gasteiger partial charge is 0.309 e. The highest BCUT2D eigenvalue weighted by atomic mass is 35.5. The van der Waals surface area contributed by atoms with E-state index < -0.39 is 0 Å². The summed E-state index contributed by atoms with van der Waals surface area (Å²) in [5.74, 6) is 0. The Kier molecular flexibility index (Phi) is 4.56. The number of nitrogens with zero attached hydrogens (tertiary/aromatic N) is 3. The Morgan fingerprint density at radius 1 is 1.32 bits per heavy atom. The van der Waals surface area contributed by atoms with E-state index in [1.54, 1.807) is 0 Å². The van der Waals surface area contributed by atoms with E-state index in [0.717, 1.165) is 23.6 Å². The summed E-state index contributed by atoms with van der Waals surface area (Å²) in [4.78, 5) is 4.61. The molecule has 0 fully saturated rings. The number of hydrogen-bond donors (Lipinski definition) is 1. The molecular weight excluding hydrogens is 260 g/mol. The van der Waals surface area contributed by atoms with E-state index in [9.17, 15) is 0 Å². The Bertz CT molecular complexity index is 529. The molecule has 0 radical (unpaired) electrons. The molecule has 2 aromatic rings. The van der Waals surface area contributed by atoms with Gasteiger partial charge in [-0.05, 0) is 19.1 Å². The van der Waals surface area contributed by atoms with Crippen molar-refractivity contribution < 1.29 is 0 Å². The summed E-state index contributed by atoms with van der Waals surface area (Å²) < 4.78 is 1.82. The first-order chi connectivity index (χ1) is 9.04. The molecule has 0 aliphatic heterocycles. The summed E-state index contributed by atoms with van der Waals surface area (Å²) in [6, 6.07) is 6.51. The third-order valence-corrected chi connectivity index (χ3v) is 3.14. The third-order valence-electron chi connectivity index (χ3n) is 2.77. The molecule has 0 unspecified atom stereocenters. The van der Waals surface area contributed by atoms with E-state index in [-0.39, 0.29) is 0 Å². The second-order valence-corrected chi connectivity index (χ2v) is 5.32.